The maximum atomic E-state index is 3.65. The average Bonchev–Trinajstić information content (AvgIpc) is 2.78. The van der Waals surface area contributed by atoms with Crippen molar-refractivity contribution in [1.29, 1.82) is 0 Å². The Morgan fingerprint density at radius 1 is 1.12 bits per heavy atom. The predicted octanol–water partition coefficient (Wildman–Crippen LogP) is 1.96. The summed E-state index contributed by atoms with van der Waals surface area (Å²) in [5, 5.41) is 7.02. The summed E-state index contributed by atoms with van der Waals surface area (Å²) in [5.41, 5.74) is 1.43. The van der Waals surface area contributed by atoms with E-state index in [1.807, 2.05) is 0 Å². The van der Waals surface area contributed by atoms with Crippen molar-refractivity contribution >= 4 is 0 Å². The Kier molecular flexibility index (Phi) is 4.37. The van der Waals surface area contributed by atoms with E-state index in [1.54, 1.807) is 0 Å². The highest BCUT2D eigenvalue weighted by Gasteiger charge is 2.22. The molecule has 1 aliphatic rings. The molecule has 0 spiro atoms. The summed E-state index contributed by atoms with van der Waals surface area (Å²) in [6.45, 7) is 1.10. The van der Waals surface area contributed by atoms with Crippen LogP contribution in [0.15, 0.2) is 30.3 Å². The van der Waals surface area contributed by atoms with Crippen molar-refractivity contribution in [3.8, 4) is 0 Å². The SMILES string of the molecule is CN[C@@H]1CC[C@H](NCCc2ccccc2)C1. The Morgan fingerprint density at radius 2 is 1.88 bits per heavy atom. The molecule has 0 saturated heterocycles. The van der Waals surface area contributed by atoms with E-state index >= 15 is 0 Å². The van der Waals surface area contributed by atoms with Crippen LogP contribution in [0.1, 0.15) is 24.8 Å². The highest BCUT2D eigenvalue weighted by atomic mass is 15.0. The van der Waals surface area contributed by atoms with Gasteiger partial charge in [0, 0.05) is 12.1 Å². The number of hydrogen-bond acceptors (Lipinski definition) is 2. The molecule has 0 aromatic heterocycles. The minimum absolute atomic E-state index is 0.723. The topological polar surface area (TPSA) is 24.1 Å². The van der Waals surface area contributed by atoms with E-state index in [4.69, 9.17) is 0 Å². The van der Waals surface area contributed by atoms with Gasteiger partial charge in [-0.1, -0.05) is 30.3 Å². The zero-order valence-electron chi connectivity index (χ0n) is 10.1. The molecular formula is C14H22N2. The lowest BCUT2D eigenvalue weighted by Gasteiger charge is -2.12. The van der Waals surface area contributed by atoms with Crippen LogP contribution in [0.2, 0.25) is 0 Å². The first kappa shape index (κ1) is 11.6. The monoisotopic (exact) mass is 218 g/mol. The third kappa shape index (κ3) is 3.32. The standard InChI is InChI=1S/C14H22N2/c1-15-13-7-8-14(11-13)16-10-9-12-5-3-2-4-6-12/h2-6,13-16H,7-11H2,1H3/t13-,14+/m1/s1. The molecule has 0 aliphatic heterocycles. The van der Waals surface area contributed by atoms with Crippen molar-refractivity contribution in [1.82, 2.24) is 10.6 Å². The predicted molar refractivity (Wildman–Crippen MR) is 68.6 cm³/mol. The van der Waals surface area contributed by atoms with Crippen LogP contribution < -0.4 is 10.6 Å². The zero-order valence-corrected chi connectivity index (χ0v) is 10.1. The fourth-order valence-corrected chi connectivity index (χ4v) is 2.49. The van der Waals surface area contributed by atoms with Crippen LogP contribution in [0.25, 0.3) is 0 Å². The maximum Gasteiger partial charge on any atom is 0.00825 e. The maximum absolute atomic E-state index is 3.65. The lowest BCUT2D eigenvalue weighted by Crippen LogP contribution is -2.31. The summed E-state index contributed by atoms with van der Waals surface area (Å²) in [4.78, 5) is 0. The second-order valence-electron chi connectivity index (χ2n) is 4.69. The quantitative estimate of drug-likeness (QED) is 0.789. The molecule has 2 nitrogen and oxygen atoms in total. The highest BCUT2D eigenvalue weighted by Crippen LogP contribution is 2.18. The summed E-state index contributed by atoms with van der Waals surface area (Å²) >= 11 is 0. The van der Waals surface area contributed by atoms with Gasteiger partial charge < -0.3 is 10.6 Å². The molecule has 1 saturated carbocycles. The van der Waals surface area contributed by atoms with Crippen molar-refractivity contribution in [3.05, 3.63) is 35.9 Å². The second kappa shape index (κ2) is 6.02. The molecule has 2 rings (SSSR count). The Hall–Kier alpha value is -0.860. The molecule has 16 heavy (non-hydrogen) atoms. The highest BCUT2D eigenvalue weighted by molar-refractivity contribution is 5.14. The van der Waals surface area contributed by atoms with Gasteiger partial charge in [0.2, 0.25) is 0 Å². The van der Waals surface area contributed by atoms with Gasteiger partial charge in [0.15, 0.2) is 0 Å². The molecule has 1 fully saturated rings. The van der Waals surface area contributed by atoms with Gasteiger partial charge in [0.05, 0.1) is 0 Å². The van der Waals surface area contributed by atoms with Crippen LogP contribution in [0.3, 0.4) is 0 Å². The first-order chi connectivity index (χ1) is 7.88. The number of hydrogen-bond donors (Lipinski definition) is 2. The molecule has 1 aromatic rings. The van der Waals surface area contributed by atoms with Crippen molar-refractivity contribution < 1.29 is 0 Å². The van der Waals surface area contributed by atoms with Crippen molar-refractivity contribution in [2.45, 2.75) is 37.8 Å². The van der Waals surface area contributed by atoms with Crippen molar-refractivity contribution in [2.75, 3.05) is 13.6 Å². The Bertz CT molecular complexity index is 297. The molecule has 0 bridgehead atoms. The lowest BCUT2D eigenvalue weighted by molar-refractivity contribution is 0.504. The lowest BCUT2D eigenvalue weighted by atomic mass is 10.1. The van der Waals surface area contributed by atoms with Gasteiger partial charge in [-0.15, -0.1) is 0 Å². The van der Waals surface area contributed by atoms with E-state index in [1.165, 1.54) is 24.8 Å². The molecule has 88 valence electrons. The second-order valence-corrected chi connectivity index (χ2v) is 4.69. The number of rotatable bonds is 5. The van der Waals surface area contributed by atoms with Crippen LogP contribution in [0, 0.1) is 0 Å². The fourth-order valence-electron chi connectivity index (χ4n) is 2.49. The molecule has 2 heteroatoms. The summed E-state index contributed by atoms with van der Waals surface area (Å²) in [6.07, 6.45) is 5.06. The molecule has 1 aliphatic carbocycles. The van der Waals surface area contributed by atoms with Gasteiger partial charge in [0.1, 0.15) is 0 Å². The number of benzene rings is 1. The largest absolute Gasteiger partial charge is 0.317 e. The van der Waals surface area contributed by atoms with Gasteiger partial charge in [-0.05, 0) is 44.8 Å². The first-order valence-corrected chi connectivity index (χ1v) is 6.33. The van der Waals surface area contributed by atoms with E-state index in [0.717, 1.165) is 25.0 Å². The molecule has 1 aromatic carbocycles. The molecule has 2 atom stereocenters. The summed E-state index contributed by atoms with van der Waals surface area (Å²) in [5.74, 6) is 0. The van der Waals surface area contributed by atoms with Crippen molar-refractivity contribution in [2.24, 2.45) is 0 Å². The van der Waals surface area contributed by atoms with Crippen LogP contribution in [-0.4, -0.2) is 25.7 Å². The molecular weight excluding hydrogens is 196 g/mol. The molecule has 0 amide bonds. The first-order valence-electron chi connectivity index (χ1n) is 6.33. The Balaban J connectivity index is 1.65. The van der Waals surface area contributed by atoms with Crippen LogP contribution in [0.4, 0.5) is 0 Å². The van der Waals surface area contributed by atoms with Crippen molar-refractivity contribution in [3.63, 3.8) is 0 Å². The van der Waals surface area contributed by atoms with E-state index in [2.05, 4.69) is 48.0 Å². The third-order valence-corrected chi connectivity index (χ3v) is 3.53. The minimum atomic E-state index is 0.723. The Morgan fingerprint density at radius 3 is 2.56 bits per heavy atom. The average molecular weight is 218 g/mol. The van der Waals surface area contributed by atoms with Gasteiger partial charge in [-0.3, -0.25) is 0 Å². The smallest absolute Gasteiger partial charge is 0.00825 e. The van der Waals surface area contributed by atoms with E-state index in [0.29, 0.717) is 0 Å². The Labute approximate surface area is 98.4 Å². The van der Waals surface area contributed by atoms with Crippen LogP contribution in [0.5, 0.6) is 0 Å². The van der Waals surface area contributed by atoms with E-state index in [-0.39, 0.29) is 0 Å². The van der Waals surface area contributed by atoms with Gasteiger partial charge in [0.25, 0.3) is 0 Å². The summed E-state index contributed by atoms with van der Waals surface area (Å²) < 4.78 is 0. The molecule has 0 radical (unpaired) electrons. The van der Waals surface area contributed by atoms with E-state index < -0.39 is 0 Å². The number of nitrogens with one attached hydrogen (secondary N) is 2. The van der Waals surface area contributed by atoms with Gasteiger partial charge in [-0.25, -0.2) is 0 Å². The minimum Gasteiger partial charge on any atom is -0.317 e. The van der Waals surface area contributed by atoms with E-state index in [9.17, 15) is 0 Å². The van der Waals surface area contributed by atoms with Crippen LogP contribution >= 0.6 is 0 Å². The molecule has 0 heterocycles. The van der Waals surface area contributed by atoms with Gasteiger partial charge in [-0.2, -0.15) is 0 Å². The fraction of sp³-hybridized carbons (Fsp3) is 0.571. The summed E-state index contributed by atoms with van der Waals surface area (Å²) in [7, 11) is 2.07. The summed E-state index contributed by atoms with van der Waals surface area (Å²) in [6, 6.07) is 12.2. The molecule has 2 N–H and O–H groups in total. The molecule has 0 unspecified atom stereocenters. The van der Waals surface area contributed by atoms with Crippen LogP contribution in [-0.2, 0) is 6.42 Å². The normalized spacial score (nSPS) is 24.8. The zero-order chi connectivity index (χ0) is 11.2. The van der Waals surface area contributed by atoms with Gasteiger partial charge >= 0.3 is 0 Å². The third-order valence-electron chi connectivity index (χ3n) is 3.53.